The molecular formula is C55H69FN6O15. The van der Waals surface area contributed by atoms with Crippen LogP contribution in [0, 0.1) is 36.4 Å². The Morgan fingerprint density at radius 3 is 2.34 bits per heavy atom. The van der Waals surface area contributed by atoms with Crippen LogP contribution in [0.3, 0.4) is 0 Å². The molecular weight excluding hydrogens is 1000 g/mol. The fourth-order valence-electron chi connectivity index (χ4n) is 10.3. The number of phenols is 1. The van der Waals surface area contributed by atoms with Crippen molar-refractivity contribution in [2.75, 3.05) is 69.3 Å². The maximum atomic E-state index is 15.6. The Hall–Kier alpha value is -7.14. The summed E-state index contributed by atoms with van der Waals surface area (Å²) in [5.41, 5.74) is -0.238. The Balaban J connectivity index is 1.15. The molecule has 2 saturated heterocycles. The van der Waals surface area contributed by atoms with Crippen LogP contribution in [-0.2, 0) is 38.2 Å². The van der Waals surface area contributed by atoms with E-state index in [1.165, 1.54) is 71.1 Å². The van der Waals surface area contributed by atoms with Gasteiger partial charge in [-0.2, -0.15) is 0 Å². The number of allylic oxidation sites excluding steroid dienone is 4. The molecule has 1 aliphatic carbocycles. The molecule has 2 fully saturated rings. The smallest absolute Gasteiger partial charge is 0.414 e. The molecule has 3 amide bonds. The molecule has 8 rings (SSSR count). The number of anilines is 2. The molecule has 416 valence electrons. The van der Waals surface area contributed by atoms with Crippen molar-refractivity contribution in [3.8, 4) is 11.5 Å². The van der Waals surface area contributed by atoms with E-state index in [9.17, 15) is 44.1 Å². The molecule has 5 aliphatic heterocycles. The van der Waals surface area contributed by atoms with E-state index in [0.29, 0.717) is 44.1 Å². The number of Topliss-reactive ketones (excluding diaryl/α,β-unsaturated/α-hetero) is 1. The van der Waals surface area contributed by atoms with Crippen molar-refractivity contribution in [2.24, 2.45) is 28.8 Å². The van der Waals surface area contributed by atoms with Crippen LogP contribution in [0.2, 0.25) is 0 Å². The normalized spacial score (nSPS) is 30.4. The molecule has 0 saturated carbocycles. The SMILES string of the molecule is CO[C@H]1/C=C/O[C@@]2(C)Oc3c(C)c(O)c4c(c3/C2=N/OCCN2CCN(c3ccc(N5C[C@H](CNC(C)=O)OC5=O)cc3F)CC2)C(=O)C=C(NC(=O)/C(C)=C\C=C\[C@@H](C)[C@@H](O)[C@@H](C)[C@H](O)[C@@H](C)[C@H](OC(C)=O)[C@@H]1C)C4=O. The Kier molecular flexibility index (Phi) is 18.0. The number of esters is 1. The number of rotatable bonds is 10. The van der Waals surface area contributed by atoms with Gasteiger partial charge in [0.25, 0.3) is 11.7 Å². The van der Waals surface area contributed by atoms with Crippen molar-refractivity contribution >= 4 is 52.5 Å². The van der Waals surface area contributed by atoms with Crippen LogP contribution >= 0.6 is 0 Å². The predicted molar refractivity (Wildman–Crippen MR) is 279 cm³/mol. The van der Waals surface area contributed by atoms with E-state index >= 15 is 4.39 Å². The molecule has 5 bridgehead atoms. The lowest BCUT2D eigenvalue weighted by molar-refractivity contribution is -0.160. The summed E-state index contributed by atoms with van der Waals surface area (Å²) in [7, 11) is 1.44. The molecule has 77 heavy (non-hydrogen) atoms. The van der Waals surface area contributed by atoms with Crippen LogP contribution < -0.4 is 25.2 Å². The third kappa shape index (κ3) is 12.4. The maximum Gasteiger partial charge on any atom is 0.414 e. The number of aliphatic hydroxyl groups is 2. The second kappa shape index (κ2) is 24.0. The molecule has 6 aliphatic rings. The van der Waals surface area contributed by atoms with Gasteiger partial charge in [0.15, 0.2) is 11.5 Å². The third-order valence-electron chi connectivity index (χ3n) is 14.9. The van der Waals surface area contributed by atoms with Gasteiger partial charge in [0.05, 0.1) is 71.4 Å². The number of nitrogens with one attached hydrogen (secondary N) is 2. The molecule has 0 aromatic heterocycles. The Morgan fingerprint density at radius 2 is 1.68 bits per heavy atom. The molecule has 0 spiro atoms. The van der Waals surface area contributed by atoms with E-state index in [1.54, 1.807) is 52.0 Å². The largest absolute Gasteiger partial charge is 0.507 e. The Labute approximate surface area is 446 Å². The number of amides is 3. The number of oxime groups is 1. The van der Waals surface area contributed by atoms with E-state index < -0.39 is 107 Å². The maximum absolute atomic E-state index is 15.6. The first kappa shape index (κ1) is 57.6. The molecule has 22 heteroatoms. The lowest BCUT2D eigenvalue weighted by atomic mass is 9.78. The van der Waals surface area contributed by atoms with Crippen LogP contribution in [0.4, 0.5) is 20.6 Å². The number of aliphatic hydroxyl groups excluding tert-OH is 2. The fraction of sp³-hybridized carbons (Fsp3) is 0.509. The van der Waals surface area contributed by atoms with Gasteiger partial charge in [-0.1, -0.05) is 51.1 Å². The average molecular weight is 1070 g/mol. The zero-order valence-corrected chi connectivity index (χ0v) is 45.0. The number of halogens is 1. The minimum absolute atomic E-state index is 0.00629. The zero-order chi connectivity index (χ0) is 56.2. The summed E-state index contributed by atoms with van der Waals surface area (Å²) >= 11 is 0. The summed E-state index contributed by atoms with van der Waals surface area (Å²) in [6, 6.07) is 4.55. The summed E-state index contributed by atoms with van der Waals surface area (Å²) in [5, 5.41) is 44.3. The number of carbonyl (C=O) groups excluding carboxylic acids is 6. The topological polar surface area (TPSA) is 265 Å². The van der Waals surface area contributed by atoms with Crippen molar-refractivity contribution in [2.45, 2.75) is 98.6 Å². The number of aromatic hydroxyl groups is 1. The monoisotopic (exact) mass is 1070 g/mol. The summed E-state index contributed by atoms with van der Waals surface area (Å²) in [6.45, 7) is 16.6. The molecule has 0 radical (unpaired) electrons. The van der Waals surface area contributed by atoms with Gasteiger partial charge in [-0.15, -0.1) is 0 Å². The van der Waals surface area contributed by atoms with Crippen LogP contribution in [0.5, 0.6) is 11.5 Å². The number of benzene rings is 2. The fourth-order valence-corrected chi connectivity index (χ4v) is 10.3. The highest BCUT2D eigenvalue weighted by atomic mass is 19.1. The van der Waals surface area contributed by atoms with Crippen LogP contribution in [-0.4, -0.2) is 157 Å². The summed E-state index contributed by atoms with van der Waals surface area (Å²) in [4.78, 5) is 89.8. The number of phenolic OH excluding ortho intramolecular Hbond substituents is 1. The number of piperazine rings is 1. The first-order valence-corrected chi connectivity index (χ1v) is 25.6. The summed E-state index contributed by atoms with van der Waals surface area (Å²) < 4.78 is 45.4. The lowest BCUT2D eigenvalue weighted by Crippen LogP contribution is -2.47. The number of carbonyl (C=O) groups is 6. The number of ether oxygens (including phenoxy) is 5. The number of cyclic esters (lactones) is 1. The highest BCUT2D eigenvalue weighted by Crippen LogP contribution is 2.48. The average Bonchev–Trinajstić information content (AvgIpc) is 3.92. The molecule has 2 aromatic carbocycles. The second-order valence-corrected chi connectivity index (χ2v) is 20.3. The Morgan fingerprint density at radius 1 is 0.961 bits per heavy atom. The number of nitrogens with zero attached hydrogens (tertiary/aromatic N) is 4. The van der Waals surface area contributed by atoms with Gasteiger partial charge in [0.1, 0.15) is 36.1 Å². The number of hydrogen-bond donors (Lipinski definition) is 5. The first-order chi connectivity index (χ1) is 36.5. The van der Waals surface area contributed by atoms with Crippen molar-refractivity contribution < 1.29 is 77.0 Å². The first-order valence-electron chi connectivity index (χ1n) is 25.6. The minimum Gasteiger partial charge on any atom is -0.507 e. The van der Waals surface area contributed by atoms with E-state index in [-0.39, 0.29) is 65.0 Å². The Bertz CT molecular complexity index is 2800. The second-order valence-electron chi connectivity index (χ2n) is 20.3. The number of ketones is 2. The van der Waals surface area contributed by atoms with Gasteiger partial charge in [-0.25, -0.2) is 9.18 Å². The molecule has 2 aromatic rings. The third-order valence-corrected chi connectivity index (χ3v) is 14.9. The number of fused-ring (bicyclic) bond motifs is 14. The van der Waals surface area contributed by atoms with Gasteiger partial charge >= 0.3 is 12.1 Å². The standard InChI is InChI=1S/C55H69FN6O15/c1-28-12-11-13-29(2)53(70)58-39-25-41(65)43-44(49(39)69)48(68)33(6)51-45(43)52(55(9,77-51)73-22-16-42(72-10)30(3)50(75-35(8)64)32(5)47(67)31(4)46(28)66)59-74-23-21-60-17-19-61(20-18-60)40-15-14-36(24-38(40)56)62-27-37(76-54(62)71)26-57-34(7)63/h11-16,22,24-25,28,30-32,37,42,46-47,50,66-68H,17-21,23,26-27H2,1-10H3,(H,57,63)(H,58,70)/b12-11+,22-16+,29-13-,59-52-/t28-,30-,31-,32-,37+,42+,46-,47+,50-,55+/m1/s1. The molecule has 21 nitrogen and oxygen atoms in total. The van der Waals surface area contributed by atoms with Gasteiger partial charge in [0.2, 0.25) is 11.7 Å². The molecule has 5 heterocycles. The van der Waals surface area contributed by atoms with Gasteiger partial charge in [-0.3, -0.25) is 33.8 Å². The molecule has 5 N–H and O–H groups in total. The molecule has 10 atom stereocenters. The van der Waals surface area contributed by atoms with Gasteiger partial charge in [0, 0.05) is 101 Å². The predicted octanol–water partition coefficient (Wildman–Crippen LogP) is 4.59. The van der Waals surface area contributed by atoms with E-state index in [2.05, 4.69) is 20.7 Å². The van der Waals surface area contributed by atoms with E-state index in [0.717, 1.165) is 6.08 Å². The summed E-state index contributed by atoms with van der Waals surface area (Å²) in [6.07, 6.45) is 3.23. The number of methoxy groups -OCH3 is 1. The van der Waals surface area contributed by atoms with Crippen molar-refractivity contribution in [1.82, 2.24) is 15.5 Å². The van der Waals surface area contributed by atoms with Crippen LogP contribution in [0.1, 0.15) is 87.2 Å². The highest BCUT2D eigenvalue weighted by Gasteiger charge is 2.51. The van der Waals surface area contributed by atoms with E-state index in [1.807, 2.05) is 4.90 Å². The zero-order valence-electron chi connectivity index (χ0n) is 45.0. The van der Waals surface area contributed by atoms with Crippen molar-refractivity contribution in [1.29, 1.82) is 0 Å². The highest BCUT2D eigenvalue weighted by molar-refractivity contribution is 6.31. The quantitative estimate of drug-likeness (QED) is 0.124. The number of hydrogen-bond acceptors (Lipinski definition) is 18. The van der Waals surface area contributed by atoms with Crippen molar-refractivity contribution in [3.05, 3.63) is 94.2 Å². The van der Waals surface area contributed by atoms with Crippen molar-refractivity contribution in [3.63, 3.8) is 0 Å². The van der Waals surface area contributed by atoms with Crippen LogP contribution in [0.25, 0.3) is 0 Å². The van der Waals surface area contributed by atoms with Gasteiger partial charge < -0.3 is 59.4 Å². The van der Waals surface area contributed by atoms with Gasteiger partial charge in [-0.05, 0) is 38.1 Å². The lowest BCUT2D eigenvalue weighted by Gasteiger charge is -2.38. The van der Waals surface area contributed by atoms with E-state index in [4.69, 9.17) is 28.5 Å². The summed E-state index contributed by atoms with van der Waals surface area (Å²) in [5.74, 6) is -8.81. The molecule has 0 unspecified atom stereocenters. The minimum atomic E-state index is -1.90. The van der Waals surface area contributed by atoms with Crippen LogP contribution in [0.15, 0.2) is 71.3 Å².